The van der Waals surface area contributed by atoms with Gasteiger partial charge in [0.2, 0.25) is 0 Å². The zero-order chi connectivity index (χ0) is 99.4. The Morgan fingerprint density at radius 2 is 0.469 bits per heavy atom. The first-order valence-corrected chi connectivity index (χ1v) is 59.2. The second-order valence-corrected chi connectivity index (χ2v) is 52.1. The molecule has 5 aromatic heterocycles. The van der Waals surface area contributed by atoms with E-state index < -0.39 is 24.2 Å². The first-order chi connectivity index (χ1) is 72.1. The van der Waals surface area contributed by atoms with E-state index in [9.17, 15) is 0 Å². The topological polar surface area (TPSA) is 93.9 Å². The lowest BCUT2D eigenvalue weighted by molar-refractivity contribution is 0.415. The minimum Gasteiger partial charge on any atom is -0.497 e. The van der Waals surface area contributed by atoms with Gasteiger partial charge in [-0.2, -0.15) is 0 Å². The van der Waals surface area contributed by atoms with E-state index in [0.717, 1.165) is 142 Å². The number of furan rings is 3. The normalized spacial score (nSPS) is 12.8. The van der Waals surface area contributed by atoms with Gasteiger partial charge in [-0.3, -0.25) is 9.80 Å². The predicted molar refractivity (Wildman–Crippen MR) is 621 cm³/mol. The van der Waals surface area contributed by atoms with Crippen LogP contribution in [0.1, 0.15) is 5.56 Å². The van der Waals surface area contributed by atoms with Gasteiger partial charge in [-0.1, -0.05) is 294 Å². The molecule has 0 saturated carbocycles. The Bertz CT molecular complexity index is 8670. The third kappa shape index (κ3) is 16.8. The van der Waals surface area contributed by atoms with Crippen LogP contribution in [0.2, 0.25) is 39.3 Å². The van der Waals surface area contributed by atoms with Gasteiger partial charge in [0, 0.05) is 149 Å². The molecule has 0 unspecified atom stereocenters. The molecule has 0 N–H and O–H groups in total. The molecule has 147 heavy (non-hydrogen) atoms. The van der Waals surface area contributed by atoms with Crippen LogP contribution in [0.5, 0.6) is 5.75 Å². The number of hydrogen-bond donors (Lipinski definition) is 0. The second-order valence-electron chi connectivity index (χ2n) is 39.2. The number of benzene rings is 18. The summed E-state index contributed by atoms with van der Waals surface area (Å²) < 4.78 is 26.3. The molecule has 23 aromatic rings. The standard InChI is InChI=1S/C52H40N2OSi.C42H36N2O2Si.C38H30N4OSi/c1-56(2)50-34-32-41(53(39-23-11-5-12-24-39)47-29-17-15-27-43(47)37-19-7-3-8-20-37)35-46(50)51-52(56)45-33-31-42(36-49(45)55-51)54(40-25-13-6-14-26-40)48-30-18-16-28-44(48)38-21-9-4-10-22-38;1-29-15-17-32(18-16-29)44(31-13-9-6-10-14-31)35-21-25-37-39(28-35)46-41-38-27-34(22-26-40(38)47(3,4)42(37)41)43(30-11-7-5-8-12-30)33-19-23-36(45-2)24-20-33;1-44(2)34-22-20-29(41(27-13-5-3-6-14-27)35-17-9-11-23-39-35)25-32(34)37-38(44)31-21-19-30(26-33(31)43-37)42(28-15-7-4-8-16-28)36-18-10-12-24-40-36/h3-36H,1-2H3;5-28H,1-4H3;3-26H,1-2H3. The maximum Gasteiger partial charge on any atom is 0.137 e. The Balaban J connectivity index is 0.000000119. The predicted octanol–water partition coefficient (Wildman–Crippen LogP) is 33.0. The average Bonchev–Trinajstić information content (AvgIpc) is 1.55. The molecule has 3 aliphatic rings. The third-order valence-electron chi connectivity index (χ3n) is 29.1. The van der Waals surface area contributed by atoms with Gasteiger partial charge < -0.3 is 37.6 Å². The van der Waals surface area contributed by atoms with Crippen molar-refractivity contribution in [3.05, 3.63) is 503 Å². The summed E-state index contributed by atoms with van der Waals surface area (Å²) >= 11 is 0. The van der Waals surface area contributed by atoms with Gasteiger partial charge in [0.15, 0.2) is 0 Å². The van der Waals surface area contributed by atoms with E-state index in [4.69, 9.17) is 23.0 Å². The number of nitrogens with zero attached hydrogens (tertiary/aromatic N) is 8. The molecular formula is C132H106N8O4Si3. The number of anilines is 18. The average molecular weight is 1950 g/mol. The maximum absolute atomic E-state index is 7.08. The van der Waals surface area contributed by atoms with E-state index in [1.807, 2.05) is 73.1 Å². The van der Waals surface area contributed by atoms with Crippen molar-refractivity contribution >= 4 is 191 Å². The fourth-order valence-corrected chi connectivity index (χ4v) is 32.0. The highest BCUT2D eigenvalue weighted by atomic mass is 28.3. The summed E-state index contributed by atoms with van der Waals surface area (Å²) in [6.45, 7) is 16.8. The van der Waals surface area contributed by atoms with Crippen molar-refractivity contribution in [2.24, 2.45) is 0 Å². The number of aromatic nitrogens is 2. The van der Waals surface area contributed by atoms with Gasteiger partial charge in [-0.25, -0.2) is 9.97 Å². The van der Waals surface area contributed by atoms with Crippen molar-refractivity contribution in [2.75, 3.05) is 36.5 Å². The zero-order valence-electron chi connectivity index (χ0n) is 83.1. The smallest absolute Gasteiger partial charge is 0.137 e. The van der Waals surface area contributed by atoms with Gasteiger partial charge in [0.05, 0.1) is 24.2 Å². The van der Waals surface area contributed by atoms with Crippen molar-refractivity contribution in [3.63, 3.8) is 0 Å². The first kappa shape index (κ1) is 91.6. The molecule has 0 amide bonds. The van der Waals surface area contributed by atoms with E-state index in [1.165, 1.54) is 91.8 Å². The number of pyridine rings is 2. The largest absolute Gasteiger partial charge is 0.497 e. The second kappa shape index (κ2) is 38.4. The Hall–Kier alpha value is -17.9. The van der Waals surface area contributed by atoms with Gasteiger partial charge in [-0.15, -0.1) is 0 Å². The number of hydrogen-bond acceptors (Lipinski definition) is 12. The van der Waals surface area contributed by atoms with Crippen molar-refractivity contribution in [1.82, 2.24) is 9.97 Å². The molecule has 0 bridgehead atoms. The number of methoxy groups -OCH3 is 1. The highest BCUT2D eigenvalue weighted by molar-refractivity contribution is 7.06. The Labute approximate surface area is 860 Å². The monoisotopic (exact) mass is 1950 g/mol. The molecule has 0 atom stereocenters. The highest BCUT2D eigenvalue weighted by Gasteiger charge is 2.46. The van der Waals surface area contributed by atoms with Gasteiger partial charge in [0.1, 0.15) is 75.6 Å². The summed E-state index contributed by atoms with van der Waals surface area (Å²) in [5, 5.41) is 11.9. The van der Waals surface area contributed by atoms with Gasteiger partial charge in [-0.05, 0) is 268 Å². The van der Waals surface area contributed by atoms with Crippen molar-refractivity contribution < 1.29 is 18.0 Å². The Kier molecular flexibility index (Phi) is 23.9. The molecule has 12 nitrogen and oxygen atoms in total. The van der Waals surface area contributed by atoms with Crippen LogP contribution in [-0.2, 0) is 0 Å². The van der Waals surface area contributed by atoms with Crippen LogP contribution in [0.4, 0.5) is 103 Å². The quantitative estimate of drug-likeness (QED) is 0.0641. The van der Waals surface area contributed by atoms with Crippen molar-refractivity contribution in [1.29, 1.82) is 0 Å². The summed E-state index contributed by atoms with van der Waals surface area (Å²) in [5.74, 6) is 5.57. The van der Waals surface area contributed by atoms with Crippen LogP contribution >= 0.6 is 0 Å². The van der Waals surface area contributed by atoms with Gasteiger partial charge >= 0.3 is 0 Å². The first-order valence-electron chi connectivity index (χ1n) is 50.2. The minimum atomic E-state index is -2.12. The molecule has 710 valence electrons. The minimum absolute atomic E-state index is 0.836. The highest BCUT2D eigenvalue weighted by Crippen LogP contribution is 2.51. The zero-order valence-corrected chi connectivity index (χ0v) is 86.1. The summed E-state index contributed by atoms with van der Waals surface area (Å²) in [6.07, 6.45) is 3.67. The number of aryl methyl sites for hydroxylation is 1. The molecule has 3 aliphatic heterocycles. The summed E-state index contributed by atoms with van der Waals surface area (Å²) in [6, 6.07) is 172. The molecule has 15 heteroatoms. The fraction of sp³-hybridized carbons (Fsp3) is 0.0606. The fourth-order valence-electron chi connectivity index (χ4n) is 22.2. The summed E-state index contributed by atoms with van der Waals surface area (Å²) in [4.78, 5) is 23.1. The lowest BCUT2D eigenvalue weighted by atomic mass is 10.0. The lowest BCUT2D eigenvalue weighted by Crippen LogP contribution is -2.49. The van der Waals surface area contributed by atoms with E-state index in [2.05, 4.69) is 505 Å². The third-order valence-corrected chi connectivity index (χ3v) is 39.7. The number of ether oxygens (including phenoxy) is 1. The number of para-hydroxylation sites is 8. The number of rotatable bonds is 21. The van der Waals surface area contributed by atoms with Crippen LogP contribution in [0.15, 0.2) is 511 Å². The van der Waals surface area contributed by atoms with Crippen LogP contribution in [0.25, 0.3) is 89.1 Å². The van der Waals surface area contributed by atoms with E-state index in [-0.39, 0.29) is 0 Å². The molecular weight excluding hydrogens is 1850 g/mol. The van der Waals surface area contributed by atoms with Crippen LogP contribution in [0.3, 0.4) is 0 Å². The van der Waals surface area contributed by atoms with E-state index in [0.29, 0.717) is 0 Å². The van der Waals surface area contributed by atoms with E-state index in [1.54, 1.807) is 7.11 Å². The number of fused-ring (bicyclic) bond motifs is 15. The molecule has 26 rings (SSSR count). The maximum atomic E-state index is 7.08. The summed E-state index contributed by atoms with van der Waals surface area (Å²) in [7, 11) is -4.50. The summed E-state index contributed by atoms with van der Waals surface area (Å²) in [5.41, 5.74) is 29.6. The lowest BCUT2D eigenvalue weighted by Gasteiger charge is -2.29. The van der Waals surface area contributed by atoms with Crippen LogP contribution < -0.4 is 65.3 Å². The van der Waals surface area contributed by atoms with Gasteiger partial charge in [0.25, 0.3) is 0 Å². The SMILES string of the molecule is COc1ccc(N(c2ccccc2)c2ccc3c(c2)-c2oc4cc(N(c5ccccc5)c5ccc(C)cc5)ccc4c2[Si]3(C)C)cc1.C[Si]1(C)c2ccc(N(c3ccccc3)c3ccccc3-c3ccccc3)cc2-c2oc3cc(N(c4ccccc4)c4ccccc4-c4ccccc4)ccc3c21.C[Si]1(C)c2ccc(N(c3ccccc3)c3ccccn3)cc2-c2oc3cc(N(c4ccccc4)c4ccccn4)ccc3c21. The van der Waals surface area contributed by atoms with E-state index >= 15 is 0 Å². The molecule has 0 saturated heterocycles. The van der Waals surface area contributed by atoms with Crippen LogP contribution in [0, 0.1) is 6.92 Å². The Morgan fingerprint density at radius 1 is 0.218 bits per heavy atom. The molecule has 18 aromatic carbocycles. The van der Waals surface area contributed by atoms with Crippen molar-refractivity contribution in [3.8, 4) is 62.0 Å². The van der Waals surface area contributed by atoms with Crippen molar-refractivity contribution in [2.45, 2.75) is 46.2 Å². The molecule has 0 fully saturated rings. The molecule has 8 heterocycles. The molecule has 0 radical (unpaired) electrons. The van der Waals surface area contributed by atoms with Crippen LogP contribution in [-0.4, -0.2) is 41.3 Å². The molecule has 0 aliphatic carbocycles. The Morgan fingerprint density at radius 3 is 0.803 bits per heavy atom. The molecule has 0 spiro atoms.